The van der Waals surface area contributed by atoms with E-state index in [1.54, 1.807) is 24.5 Å². The van der Waals surface area contributed by atoms with E-state index in [0.29, 0.717) is 12.4 Å². The second-order valence-corrected chi connectivity index (χ2v) is 4.48. The number of nitrogens with zero attached hydrogens (tertiary/aromatic N) is 3. The van der Waals surface area contributed by atoms with Gasteiger partial charge in [0.05, 0.1) is 12.8 Å². The maximum atomic E-state index is 5.69. The fourth-order valence-electron chi connectivity index (χ4n) is 1.50. The summed E-state index contributed by atoms with van der Waals surface area (Å²) >= 11 is 1.57. The van der Waals surface area contributed by atoms with E-state index in [1.807, 2.05) is 0 Å². The lowest BCUT2D eigenvalue weighted by molar-refractivity contribution is 0.397. The first-order valence-corrected chi connectivity index (χ1v) is 6.15. The van der Waals surface area contributed by atoms with Gasteiger partial charge in [-0.05, 0) is 6.42 Å². The number of ether oxygens (including phenoxy) is 1. The predicted octanol–water partition coefficient (Wildman–Crippen LogP) is 1.63. The summed E-state index contributed by atoms with van der Waals surface area (Å²) in [6, 6.07) is 1.78. The number of hydrogen-bond donors (Lipinski definition) is 1. The molecule has 17 heavy (non-hydrogen) atoms. The summed E-state index contributed by atoms with van der Waals surface area (Å²) in [5.41, 5.74) is 7.51. The van der Waals surface area contributed by atoms with E-state index in [2.05, 4.69) is 21.9 Å². The Balaban J connectivity index is 2.41. The minimum absolute atomic E-state index is 0.517. The predicted molar refractivity (Wildman–Crippen MR) is 67.0 cm³/mol. The fraction of sp³-hybridized carbons (Fsp3) is 0.364. The number of rotatable bonds is 4. The first-order chi connectivity index (χ1) is 8.28. The molecule has 0 amide bonds. The number of methoxy groups -OCH3 is 1. The molecule has 5 nitrogen and oxygen atoms in total. The largest absolute Gasteiger partial charge is 0.481 e. The molecule has 0 aliphatic heterocycles. The Hall–Kier alpha value is -1.53. The second-order valence-electron chi connectivity index (χ2n) is 3.39. The van der Waals surface area contributed by atoms with Crippen LogP contribution < -0.4 is 10.5 Å². The maximum Gasteiger partial charge on any atom is 0.216 e. The van der Waals surface area contributed by atoms with E-state index in [9.17, 15) is 0 Å². The van der Waals surface area contributed by atoms with Gasteiger partial charge in [-0.1, -0.05) is 6.92 Å². The molecule has 0 saturated carbocycles. The molecule has 90 valence electrons. The third kappa shape index (κ3) is 2.42. The summed E-state index contributed by atoms with van der Waals surface area (Å²) in [5.74, 6) is 0.539. The van der Waals surface area contributed by atoms with Crippen LogP contribution in [0.1, 0.15) is 17.5 Å². The van der Waals surface area contributed by atoms with Crippen LogP contribution in [0.5, 0.6) is 5.88 Å². The second kappa shape index (κ2) is 5.20. The summed E-state index contributed by atoms with van der Waals surface area (Å²) in [4.78, 5) is 13.8. The Labute approximate surface area is 104 Å². The summed E-state index contributed by atoms with van der Waals surface area (Å²) in [6.07, 6.45) is 2.36. The Kier molecular flexibility index (Phi) is 3.65. The van der Waals surface area contributed by atoms with E-state index >= 15 is 0 Å². The number of aryl methyl sites for hydroxylation is 1. The molecular formula is C11H14N4OS. The number of nitrogens with two attached hydrogens (primary N) is 1. The average molecular weight is 250 g/mol. The minimum atomic E-state index is 0.517. The third-order valence-electron chi connectivity index (χ3n) is 2.37. The molecule has 0 radical (unpaired) electrons. The molecule has 2 aromatic heterocycles. The van der Waals surface area contributed by atoms with E-state index in [4.69, 9.17) is 10.5 Å². The zero-order chi connectivity index (χ0) is 12.3. The summed E-state index contributed by atoms with van der Waals surface area (Å²) < 4.78 is 5.07. The molecule has 6 heteroatoms. The molecule has 0 spiro atoms. The van der Waals surface area contributed by atoms with Crippen LogP contribution in [0.2, 0.25) is 0 Å². The van der Waals surface area contributed by atoms with Gasteiger partial charge < -0.3 is 10.5 Å². The Morgan fingerprint density at radius 3 is 2.82 bits per heavy atom. The van der Waals surface area contributed by atoms with Crippen LogP contribution in [0.4, 0.5) is 0 Å². The molecular weight excluding hydrogens is 236 g/mol. The van der Waals surface area contributed by atoms with Crippen LogP contribution in [0, 0.1) is 0 Å². The van der Waals surface area contributed by atoms with Gasteiger partial charge in [-0.2, -0.15) is 0 Å². The van der Waals surface area contributed by atoms with Crippen LogP contribution in [0.15, 0.2) is 12.4 Å². The third-order valence-corrected chi connectivity index (χ3v) is 3.51. The van der Waals surface area contributed by atoms with Gasteiger partial charge in [-0.3, -0.25) is 0 Å². The molecule has 0 aliphatic rings. The van der Waals surface area contributed by atoms with Crippen molar-refractivity contribution in [2.75, 3.05) is 7.11 Å². The lowest BCUT2D eigenvalue weighted by atomic mass is 10.3. The van der Waals surface area contributed by atoms with Gasteiger partial charge >= 0.3 is 0 Å². The molecule has 2 rings (SSSR count). The summed E-state index contributed by atoms with van der Waals surface area (Å²) in [5, 5.41) is 0.864. The van der Waals surface area contributed by atoms with E-state index in [-0.39, 0.29) is 0 Å². The lowest BCUT2D eigenvalue weighted by Crippen LogP contribution is -1.96. The van der Waals surface area contributed by atoms with Crippen molar-refractivity contribution < 1.29 is 4.74 Å². The molecule has 0 unspecified atom stereocenters. The normalized spacial score (nSPS) is 10.5. The van der Waals surface area contributed by atoms with Gasteiger partial charge in [0, 0.05) is 17.5 Å². The van der Waals surface area contributed by atoms with E-state index < -0.39 is 0 Å². The van der Waals surface area contributed by atoms with Gasteiger partial charge in [-0.25, -0.2) is 15.0 Å². The zero-order valence-corrected chi connectivity index (χ0v) is 10.6. The highest BCUT2D eigenvalue weighted by molar-refractivity contribution is 7.15. The molecule has 0 aliphatic carbocycles. The van der Waals surface area contributed by atoms with Gasteiger partial charge in [0.15, 0.2) is 0 Å². The van der Waals surface area contributed by atoms with E-state index in [1.165, 1.54) is 6.33 Å². The van der Waals surface area contributed by atoms with Crippen molar-refractivity contribution in [1.82, 2.24) is 15.0 Å². The monoisotopic (exact) mass is 250 g/mol. The van der Waals surface area contributed by atoms with Crippen molar-refractivity contribution in [1.29, 1.82) is 0 Å². The summed E-state index contributed by atoms with van der Waals surface area (Å²) in [7, 11) is 1.58. The SMILES string of the molecule is CCc1nc(-c2cc(OC)ncn2)sc1CN. The maximum absolute atomic E-state index is 5.69. The molecule has 0 aromatic carbocycles. The minimum Gasteiger partial charge on any atom is -0.481 e. The first kappa shape index (κ1) is 11.9. The molecule has 2 aromatic rings. The van der Waals surface area contributed by atoms with Crippen molar-refractivity contribution in [2.24, 2.45) is 5.73 Å². The Bertz CT molecular complexity index is 490. The standard InChI is InChI=1S/C11H14N4OS/c1-3-7-9(5-12)17-11(15-7)8-4-10(16-2)14-6-13-8/h4,6H,3,5,12H2,1-2H3. The van der Waals surface area contributed by atoms with Gasteiger partial charge in [-0.15, -0.1) is 11.3 Å². The topological polar surface area (TPSA) is 73.9 Å². The molecule has 2 heterocycles. The van der Waals surface area contributed by atoms with Crippen molar-refractivity contribution in [3.63, 3.8) is 0 Å². The molecule has 0 bridgehead atoms. The molecule has 2 N–H and O–H groups in total. The first-order valence-electron chi connectivity index (χ1n) is 5.33. The molecule has 0 atom stereocenters. The van der Waals surface area contributed by atoms with Crippen LogP contribution in [-0.2, 0) is 13.0 Å². The highest BCUT2D eigenvalue weighted by Crippen LogP contribution is 2.27. The van der Waals surface area contributed by atoms with Crippen LogP contribution >= 0.6 is 11.3 Å². The smallest absolute Gasteiger partial charge is 0.216 e. The van der Waals surface area contributed by atoms with Crippen LogP contribution in [0.3, 0.4) is 0 Å². The van der Waals surface area contributed by atoms with Crippen molar-refractivity contribution in [3.8, 4) is 16.6 Å². The van der Waals surface area contributed by atoms with Crippen LogP contribution in [0.25, 0.3) is 10.7 Å². The van der Waals surface area contributed by atoms with Gasteiger partial charge in [0.2, 0.25) is 5.88 Å². The van der Waals surface area contributed by atoms with Crippen molar-refractivity contribution >= 4 is 11.3 Å². The van der Waals surface area contributed by atoms with Gasteiger partial charge in [0.25, 0.3) is 0 Å². The number of thiazole rings is 1. The van der Waals surface area contributed by atoms with Gasteiger partial charge in [0.1, 0.15) is 17.0 Å². The number of aromatic nitrogens is 3. The quantitative estimate of drug-likeness (QED) is 0.892. The van der Waals surface area contributed by atoms with Crippen molar-refractivity contribution in [2.45, 2.75) is 19.9 Å². The molecule has 0 saturated heterocycles. The highest BCUT2D eigenvalue weighted by Gasteiger charge is 2.11. The lowest BCUT2D eigenvalue weighted by Gasteiger charge is -1.98. The highest BCUT2D eigenvalue weighted by atomic mass is 32.1. The fourth-order valence-corrected chi connectivity index (χ4v) is 2.49. The summed E-state index contributed by atoms with van der Waals surface area (Å²) in [6.45, 7) is 2.58. The van der Waals surface area contributed by atoms with Crippen LogP contribution in [-0.4, -0.2) is 22.1 Å². The van der Waals surface area contributed by atoms with Crippen molar-refractivity contribution in [3.05, 3.63) is 23.0 Å². The Morgan fingerprint density at radius 1 is 1.41 bits per heavy atom. The average Bonchev–Trinajstić information content (AvgIpc) is 2.82. The number of hydrogen-bond acceptors (Lipinski definition) is 6. The van der Waals surface area contributed by atoms with E-state index in [0.717, 1.165) is 27.7 Å². The molecule has 0 fully saturated rings. The Morgan fingerprint density at radius 2 is 2.24 bits per heavy atom. The zero-order valence-electron chi connectivity index (χ0n) is 9.80.